The lowest BCUT2D eigenvalue weighted by atomic mass is 10.1. The molecule has 0 aromatic rings. The summed E-state index contributed by atoms with van der Waals surface area (Å²) in [7, 11) is 1.55. The molecule has 0 aromatic carbocycles. The molecule has 4 nitrogen and oxygen atoms in total. The zero-order valence-electron chi connectivity index (χ0n) is 8.13. The molecule has 5 heteroatoms. The predicted octanol–water partition coefficient (Wildman–Crippen LogP) is 0.151. The smallest absolute Gasteiger partial charge is 0.224 e. The Morgan fingerprint density at radius 1 is 1.38 bits per heavy atom. The van der Waals surface area contributed by atoms with Gasteiger partial charge in [-0.05, 0) is 6.92 Å². The molecule has 13 heavy (non-hydrogen) atoms. The van der Waals surface area contributed by atoms with E-state index in [1.165, 1.54) is 0 Å². The normalized spacial score (nSPS) is 14.5. The maximum absolute atomic E-state index is 11.3. The summed E-state index contributed by atoms with van der Waals surface area (Å²) in [5, 5.41) is 4.90. The average molecular weight is 204 g/mol. The van der Waals surface area contributed by atoms with E-state index in [4.69, 9.17) is 0 Å². The molecule has 2 unspecified atom stereocenters. The number of carbonyl (C=O) groups is 2. The second-order valence-corrected chi connectivity index (χ2v) is 3.74. The molecule has 2 amide bonds. The summed E-state index contributed by atoms with van der Waals surface area (Å²) >= 11 is 4.01. The van der Waals surface area contributed by atoms with Gasteiger partial charge < -0.3 is 10.6 Å². The Balaban J connectivity index is 3.89. The van der Waals surface area contributed by atoms with Crippen molar-refractivity contribution in [2.75, 3.05) is 7.05 Å². The Morgan fingerprint density at radius 3 is 2.31 bits per heavy atom. The van der Waals surface area contributed by atoms with Crippen LogP contribution in [0, 0.1) is 5.92 Å². The van der Waals surface area contributed by atoms with Gasteiger partial charge in [-0.25, -0.2) is 0 Å². The highest BCUT2D eigenvalue weighted by molar-refractivity contribution is 7.80. The van der Waals surface area contributed by atoms with Gasteiger partial charge in [0, 0.05) is 19.4 Å². The van der Waals surface area contributed by atoms with E-state index in [9.17, 15) is 9.59 Å². The third-order valence-electron chi connectivity index (χ3n) is 1.57. The molecule has 0 saturated heterocycles. The van der Waals surface area contributed by atoms with Crippen LogP contribution in [-0.4, -0.2) is 24.2 Å². The Hall–Kier alpha value is -0.710. The first kappa shape index (κ1) is 12.3. The highest BCUT2D eigenvalue weighted by Crippen LogP contribution is 2.02. The highest BCUT2D eigenvalue weighted by Gasteiger charge is 2.16. The molecule has 76 valence electrons. The van der Waals surface area contributed by atoms with Crippen LogP contribution in [-0.2, 0) is 9.59 Å². The number of thiol groups is 1. The SMILES string of the molecule is CNC(=O)CC(C)C(=O)NC(C)S. The maximum atomic E-state index is 11.3. The van der Waals surface area contributed by atoms with Crippen LogP contribution >= 0.6 is 12.6 Å². The number of hydrogen-bond acceptors (Lipinski definition) is 3. The lowest BCUT2D eigenvalue weighted by Crippen LogP contribution is -2.35. The van der Waals surface area contributed by atoms with Gasteiger partial charge in [0.25, 0.3) is 0 Å². The van der Waals surface area contributed by atoms with Crippen molar-refractivity contribution in [3.63, 3.8) is 0 Å². The third-order valence-corrected chi connectivity index (χ3v) is 1.70. The molecule has 0 heterocycles. The van der Waals surface area contributed by atoms with Gasteiger partial charge in [-0.2, -0.15) is 12.6 Å². The van der Waals surface area contributed by atoms with Crippen LogP contribution in [0.3, 0.4) is 0 Å². The standard InChI is InChI=1S/C8H16N2O2S/c1-5(4-7(11)9-3)8(12)10-6(2)13/h5-6,13H,4H2,1-3H3,(H,9,11)(H,10,12). The summed E-state index contributed by atoms with van der Waals surface area (Å²) in [5.74, 6) is -0.588. The number of amides is 2. The molecule has 0 fully saturated rings. The zero-order valence-corrected chi connectivity index (χ0v) is 9.02. The van der Waals surface area contributed by atoms with E-state index >= 15 is 0 Å². The van der Waals surface area contributed by atoms with E-state index in [0.717, 1.165) is 0 Å². The van der Waals surface area contributed by atoms with E-state index in [1.807, 2.05) is 0 Å². The second-order valence-electron chi connectivity index (χ2n) is 2.96. The van der Waals surface area contributed by atoms with Gasteiger partial charge in [-0.15, -0.1) is 0 Å². The third kappa shape index (κ3) is 5.52. The van der Waals surface area contributed by atoms with Crippen molar-refractivity contribution >= 4 is 24.4 Å². The minimum absolute atomic E-state index is 0.130. The summed E-state index contributed by atoms with van der Waals surface area (Å²) < 4.78 is 0. The molecule has 0 aliphatic heterocycles. The molecule has 0 rings (SSSR count). The lowest BCUT2D eigenvalue weighted by Gasteiger charge is -2.12. The maximum Gasteiger partial charge on any atom is 0.224 e. The van der Waals surface area contributed by atoms with Crippen molar-refractivity contribution in [3.8, 4) is 0 Å². The molecule has 0 saturated carbocycles. The molecule has 2 N–H and O–H groups in total. The monoisotopic (exact) mass is 204 g/mol. The molecule has 0 radical (unpaired) electrons. The zero-order chi connectivity index (χ0) is 10.4. The first-order valence-electron chi connectivity index (χ1n) is 4.16. The van der Waals surface area contributed by atoms with E-state index in [0.29, 0.717) is 0 Å². The Morgan fingerprint density at radius 2 is 1.92 bits per heavy atom. The fraction of sp³-hybridized carbons (Fsp3) is 0.750. The molecule has 0 aliphatic rings. The number of nitrogens with one attached hydrogen (secondary N) is 2. The molecule has 0 aliphatic carbocycles. The summed E-state index contributed by atoms with van der Waals surface area (Å²) in [6, 6.07) is 0. The summed E-state index contributed by atoms with van der Waals surface area (Å²) in [6.45, 7) is 3.47. The topological polar surface area (TPSA) is 58.2 Å². The van der Waals surface area contributed by atoms with Crippen LogP contribution < -0.4 is 10.6 Å². The predicted molar refractivity (Wildman–Crippen MR) is 54.4 cm³/mol. The van der Waals surface area contributed by atoms with Crippen molar-refractivity contribution < 1.29 is 9.59 Å². The molecular weight excluding hydrogens is 188 g/mol. The van der Waals surface area contributed by atoms with Gasteiger partial charge in [0.15, 0.2) is 0 Å². The quantitative estimate of drug-likeness (QED) is 0.451. The minimum Gasteiger partial charge on any atom is -0.359 e. The minimum atomic E-state index is -0.311. The van der Waals surface area contributed by atoms with Crippen LogP contribution in [0.4, 0.5) is 0 Å². The summed E-state index contributed by atoms with van der Waals surface area (Å²) in [6.07, 6.45) is 0.211. The molecule has 0 aromatic heterocycles. The molecule has 2 atom stereocenters. The lowest BCUT2D eigenvalue weighted by molar-refractivity contribution is -0.129. The average Bonchev–Trinajstić information content (AvgIpc) is 2.02. The summed E-state index contributed by atoms with van der Waals surface area (Å²) in [4.78, 5) is 22.2. The van der Waals surface area contributed by atoms with Crippen molar-refractivity contribution in [3.05, 3.63) is 0 Å². The first-order valence-corrected chi connectivity index (χ1v) is 4.68. The highest BCUT2D eigenvalue weighted by atomic mass is 32.1. The largest absolute Gasteiger partial charge is 0.359 e. The molecular formula is C8H16N2O2S. The molecule has 0 bridgehead atoms. The fourth-order valence-electron chi connectivity index (χ4n) is 0.821. The van der Waals surface area contributed by atoms with Crippen molar-refractivity contribution in [1.29, 1.82) is 0 Å². The van der Waals surface area contributed by atoms with Crippen molar-refractivity contribution in [1.82, 2.24) is 10.6 Å². The Bertz CT molecular complexity index is 195. The Labute approximate surface area is 83.9 Å². The van der Waals surface area contributed by atoms with Crippen molar-refractivity contribution in [2.24, 2.45) is 5.92 Å². The van der Waals surface area contributed by atoms with Gasteiger partial charge >= 0.3 is 0 Å². The van der Waals surface area contributed by atoms with Gasteiger partial charge in [0.1, 0.15) is 0 Å². The summed E-state index contributed by atoms with van der Waals surface area (Å²) in [5.41, 5.74) is 0. The van der Waals surface area contributed by atoms with Gasteiger partial charge in [-0.1, -0.05) is 6.92 Å². The van der Waals surface area contributed by atoms with Crippen LogP contribution in [0.5, 0.6) is 0 Å². The van der Waals surface area contributed by atoms with Crippen LogP contribution in [0.2, 0.25) is 0 Å². The van der Waals surface area contributed by atoms with Gasteiger partial charge in [-0.3, -0.25) is 9.59 Å². The second kappa shape index (κ2) is 5.85. The number of carbonyl (C=O) groups excluding carboxylic acids is 2. The van der Waals surface area contributed by atoms with E-state index in [1.54, 1.807) is 20.9 Å². The number of hydrogen-bond donors (Lipinski definition) is 3. The van der Waals surface area contributed by atoms with E-state index in [-0.39, 0.29) is 29.5 Å². The van der Waals surface area contributed by atoms with Crippen LogP contribution in [0.15, 0.2) is 0 Å². The van der Waals surface area contributed by atoms with Crippen molar-refractivity contribution in [2.45, 2.75) is 25.6 Å². The Kier molecular flexibility index (Phi) is 5.53. The van der Waals surface area contributed by atoms with Crippen LogP contribution in [0.25, 0.3) is 0 Å². The van der Waals surface area contributed by atoms with Gasteiger partial charge in [0.05, 0.1) is 5.37 Å². The van der Waals surface area contributed by atoms with Gasteiger partial charge in [0.2, 0.25) is 11.8 Å². The number of rotatable bonds is 4. The van der Waals surface area contributed by atoms with E-state index in [2.05, 4.69) is 23.3 Å². The molecule has 0 spiro atoms. The first-order chi connectivity index (χ1) is 5.97. The fourth-order valence-corrected chi connectivity index (χ4v) is 0.948. The van der Waals surface area contributed by atoms with E-state index < -0.39 is 0 Å². The van der Waals surface area contributed by atoms with Crippen LogP contribution in [0.1, 0.15) is 20.3 Å².